The highest BCUT2D eigenvalue weighted by molar-refractivity contribution is 7.35. The number of nitrogens with zero attached hydrogens (tertiary/aromatic N) is 2. The van der Waals surface area contributed by atoms with Crippen LogP contribution in [0.1, 0.15) is 116 Å². The zero-order chi connectivity index (χ0) is 46.2. The second-order valence-electron chi connectivity index (χ2n) is 16.3. The summed E-state index contributed by atoms with van der Waals surface area (Å²) in [5.41, 5.74) is 5.46. The smallest absolute Gasteiger partial charge is 0.255 e. The molecule has 4 aromatic carbocycles. The molecule has 0 unspecified atom stereocenters. The van der Waals surface area contributed by atoms with Crippen LogP contribution in [-0.2, 0) is 17.6 Å². The summed E-state index contributed by atoms with van der Waals surface area (Å²) in [5.74, 6) is 0.272. The first-order valence-corrected chi connectivity index (χ1v) is 22.5. The molecule has 1 N–H and O–H groups in total. The van der Waals surface area contributed by atoms with Gasteiger partial charge in [-0.15, -0.1) is 8.58 Å². The van der Waals surface area contributed by atoms with E-state index in [4.69, 9.17) is 9.47 Å². The Morgan fingerprint density at radius 2 is 0.984 bits per heavy atom. The first-order valence-electron chi connectivity index (χ1n) is 20.5. The van der Waals surface area contributed by atoms with Gasteiger partial charge in [0.15, 0.2) is 11.6 Å². The number of aliphatic hydroxyl groups excluding tert-OH is 1. The minimum Gasteiger partial charge on any atom is -0.496 e. The molecule has 4 rings (SSSR count). The van der Waals surface area contributed by atoms with E-state index in [0.717, 1.165) is 42.0 Å². The van der Waals surface area contributed by atoms with Crippen molar-refractivity contribution in [2.24, 2.45) is 0 Å². The molecule has 2 amide bonds. The zero-order valence-electron chi connectivity index (χ0n) is 38.7. The number of carbonyl (C=O) groups excluding carboxylic acids is 5. The van der Waals surface area contributed by atoms with E-state index < -0.39 is 11.1 Å². The highest BCUT2D eigenvalue weighted by Crippen LogP contribution is 2.27. The fraction of sp³-hybridized carbons (Fsp3) is 0.420. The molecule has 0 aliphatic carbocycles. The van der Waals surface area contributed by atoms with Crippen LogP contribution in [0.4, 0.5) is 0 Å². The Bertz CT molecular complexity index is 2120. The lowest BCUT2D eigenvalue weighted by atomic mass is 9.96. The molecule has 11 heteroatoms. The first kappa shape index (κ1) is 52.0. The lowest BCUT2D eigenvalue weighted by Crippen LogP contribution is -2.52. The Labute approximate surface area is 365 Å². The van der Waals surface area contributed by atoms with Crippen LogP contribution < -0.4 is 9.47 Å². The quantitative estimate of drug-likeness (QED) is 0.0672. The monoisotopic (exact) mass is 854 g/mol. The van der Waals surface area contributed by atoms with Crippen LogP contribution >= 0.6 is 8.58 Å². The van der Waals surface area contributed by atoms with Gasteiger partial charge < -0.3 is 29.2 Å². The maximum atomic E-state index is 13.3. The Morgan fingerprint density at radius 1 is 0.639 bits per heavy atom. The van der Waals surface area contributed by atoms with Crippen molar-refractivity contribution in [1.82, 2.24) is 9.80 Å². The van der Waals surface area contributed by atoms with Crippen LogP contribution in [0, 0.1) is 27.7 Å². The van der Waals surface area contributed by atoms with Crippen LogP contribution in [-0.4, -0.2) is 103 Å². The summed E-state index contributed by atoms with van der Waals surface area (Å²) in [6.07, 6.45) is 1.96. The van der Waals surface area contributed by atoms with Gasteiger partial charge in [-0.3, -0.25) is 19.2 Å². The number of carbonyl (C=O) groups is 5. The third-order valence-electron chi connectivity index (χ3n) is 10.1. The number of rotatable bonds is 16. The average Bonchev–Trinajstić information content (AvgIpc) is 3.22. The van der Waals surface area contributed by atoms with Gasteiger partial charge in [-0.1, -0.05) is 72.5 Å². The third kappa shape index (κ3) is 13.9. The molecule has 0 saturated heterocycles. The summed E-state index contributed by atoms with van der Waals surface area (Å²) in [5, 5.41) is 9.91. The Hall–Kier alpha value is -5.18. The topological polar surface area (TPSA) is 131 Å². The number of aldehydes is 1. The number of hydrogen-bond acceptors (Lipinski definition) is 8. The Balaban J connectivity index is 0.000000395. The summed E-state index contributed by atoms with van der Waals surface area (Å²) in [6, 6.07) is 21.8. The molecule has 0 aliphatic rings. The van der Waals surface area contributed by atoms with Crippen molar-refractivity contribution in [1.29, 1.82) is 0 Å². The molecule has 61 heavy (non-hydrogen) atoms. The van der Waals surface area contributed by atoms with Crippen molar-refractivity contribution in [2.75, 3.05) is 47.2 Å². The van der Waals surface area contributed by atoms with E-state index in [1.807, 2.05) is 77.9 Å². The Kier molecular flexibility index (Phi) is 20.2. The van der Waals surface area contributed by atoms with Crippen molar-refractivity contribution in [3.8, 4) is 11.5 Å². The number of ketones is 2. The minimum absolute atomic E-state index is 0.125. The van der Waals surface area contributed by atoms with Gasteiger partial charge in [0.2, 0.25) is 0 Å². The number of ether oxygens (including phenoxy) is 2. The summed E-state index contributed by atoms with van der Waals surface area (Å²) in [6.45, 7) is 22.1. The number of aryl methyl sites for hydroxylation is 4. The number of hydrogen-bond donors (Lipinski definition) is 1. The number of aliphatic hydroxyl groups is 1. The van der Waals surface area contributed by atoms with Gasteiger partial charge in [0, 0.05) is 33.4 Å². The minimum atomic E-state index is -1.13. The van der Waals surface area contributed by atoms with Crippen LogP contribution in [0.2, 0.25) is 0 Å². The highest BCUT2D eigenvalue weighted by atomic mass is 31.1. The van der Waals surface area contributed by atoms with Gasteiger partial charge >= 0.3 is 0 Å². The number of methoxy groups -OCH3 is 2. The summed E-state index contributed by atoms with van der Waals surface area (Å²) in [7, 11) is 4.22. The maximum Gasteiger partial charge on any atom is 0.255 e. The van der Waals surface area contributed by atoms with E-state index in [2.05, 4.69) is 13.3 Å². The molecular weight excluding hydrogens is 788 g/mol. The van der Waals surface area contributed by atoms with Crippen molar-refractivity contribution in [3.63, 3.8) is 0 Å². The molecule has 0 spiro atoms. The van der Waals surface area contributed by atoms with Gasteiger partial charge in [-0.05, 0) is 118 Å². The van der Waals surface area contributed by atoms with Gasteiger partial charge in [-0.25, -0.2) is 0 Å². The number of benzene rings is 4. The molecule has 0 saturated carbocycles. The number of amides is 2. The van der Waals surface area contributed by atoms with Crippen molar-refractivity contribution < 1.29 is 38.6 Å². The van der Waals surface area contributed by atoms with Crippen LogP contribution in [0.3, 0.4) is 0 Å². The summed E-state index contributed by atoms with van der Waals surface area (Å²) >= 11 is 0. The van der Waals surface area contributed by atoms with Crippen molar-refractivity contribution in [2.45, 2.75) is 93.2 Å². The molecule has 330 valence electrons. The molecule has 0 radical (unpaired) electrons. The van der Waals surface area contributed by atoms with E-state index in [1.165, 1.54) is 9.80 Å². The summed E-state index contributed by atoms with van der Waals surface area (Å²) < 4.78 is 10.8. The predicted molar refractivity (Wildman–Crippen MR) is 249 cm³/mol. The molecule has 0 aromatic heterocycles. The third-order valence-corrected chi connectivity index (χ3v) is 10.1. The van der Waals surface area contributed by atoms with Crippen molar-refractivity contribution >= 4 is 38.2 Å². The average molecular weight is 855 g/mol. The predicted octanol–water partition coefficient (Wildman–Crippen LogP) is 9.07. The molecule has 0 aliphatic heterocycles. The van der Waals surface area contributed by atoms with Crippen LogP contribution in [0.5, 0.6) is 11.5 Å². The highest BCUT2D eigenvalue weighted by Gasteiger charge is 2.35. The zero-order valence-corrected chi connectivity index (χ0v) is 39.7. The molecule has 0 bridgehead atoms. The molecule has 0 fully saturated rings. The second-order valence-corrected chi connectivity index (χ2v) is 17.3. The molecular formula is C50H67N2O8P. The SMILES string of the molecule is CCc1c(OC)cccc1C(=O)CN(C(=O)c1cc(C)cc(C)c1)C(C)(C)C=O.CCc1c(OC)cccc1C(=O)CN(C(=O)c1cc(C)cc(C)c1)C(C)(C)CO.CPC. The normalized spacial score (nSPS) is 10.9. The fourth-order valence-electron chi connectivity index (χ4n) is 6.98. The maximum absolute atomic E-state index is 13.3. The lowest BCUT2D eigenvalue weighted by Gasteiger charge is -2.37. The van der Waals surface area contributed by atoms with Gasteiger partial charge in [0.25, 0.3) is 11.8 Å². The van der Waals surface area contributed by atoms with E-state index in [9.17, 15) is 29.1 Å². The van der Waals surface area contributed by atoms with Crippen LogP contribution in [0.15, 0.2) is 72.8 Å². The molecule has 4 aromatic rings. The standard InChI is InChI=1S/C24H31NO4.C24H29NO4.C2H7P/c2*1-7-19-20(9-8-10-22(19)29-6)21(27)14-25(24(4,5)15-26)23(28)18-12-16(2)11-17(3)13-18;1-3-2/h8-13,26H,7,14-15H2,1-6H3;8-13,15H,7,14H2,1-6H3;3H,1-2H3. The van der Waals surface area contributed by atoms with E-state index in [1.54, 1.807) is 78.3 Å². The summed E-state index contributed by atoms with van der Waals surface area (Å²) in [4.78, 5) is 67.6. The van der Waals surface area contributed by atoms with Gasteiger partial charge in [0.05, 0.1) is 45.0 Å². The lowest BCUT2D eigenvalue weighted by molar-refractivity contribution is -0.115. The largest absolute Gasteiger partial charge is 0.496 e. The van der Waals surface area contributed by atoms with Crippen LogP contribution in [0.25, 0.3) is 0 Å². The van der Waals surface area contributed by atoms with Crippen molar-refractivity contribution in [3.05, 3.63) is 128 Å². The molecule has 10 nitrogen and oxygen atoms in total. The van der Waals surface area contributed by atoms with Gasteiger partial charge in [-0.2, -0.15) is 0 Å². The fourth-order valence-corrected chi connectivity index (χ4v) is 6.98. The second kappa shape index (κ2) is 23.7. The van der Waals surface area contributed by atoms with E-state index >= 15 is 0 Å². The number of Topliss-reactive ketones (excluding diaryl/α,β-unsaturated/α-hetero) is 2. The van der Waals surface area contributed by atoms with E-state index in [0.29, 0.717) is 52.9 Å². The molecule has 0 atom stereocenters. The van der Waals surface area contributed by atoms with E-state index in [-0.39, 0.29) is 43.1 Å². The first-order chi connectivity index (χ1) is 28.7. The Morgan fingerprint density at radius 3 is 1.30 bits per heavy atom. The molecule has 0 heterocycles. The van der Waals surface area contributed by atoms with Gasteiger partial charge in [0.1, 0.15) is 17.8 Å².